The molecule has 12 heavy (non-hydrogen) atoms. The van der Waals surface area contributed by atoms with Crippen LogP contribution >= 0.6 is 0 Å². The van der Waals surface area contributed by atoms with Crippen LogP contribution in [0.3, 0.4) is 0 Å². The molecule has 1 unspecified atom stereocenters. The van der Waals surface area contributed by atoms with Gasteiger partial charge in [0.15, 0.2) is 0 Å². The van der Waals surface area contributed by atoms with Gasteiger partial charge in [-0.2, -0.15) is 0 Å². The molecule has 0 aliphatic heterocycles. The molecule has 0 radical (unpaired) electrons. The molecule has 2 N–H and O–H groups in total. The van der Waals surface area contributed by atoms with E-state index in [9.17, 15) is 0 Å². The summed E-state index contributed by atoms with van der Waals surface area (Å²) in [5.74, 6) is 0. The molecule has 1 aliphatic rings. The summed E-state index contributed by atoms with van der Waals surface area (Å²) >= 11 is 0. The summed E-state index contributed by atoms with van der Waals surface area (Å²) in [7, 11) is 0. The van der Waals surface area contributed by atoms with E-state index in [0.717, 1.165) is 0 Å². The van der Waals surface area contributed by atoms with Crippen LogP contribution < -0.4 is 5.73 Å². The minimum Gasteiger partial charge on any atom is -0.327 e. The normalized spacial score (nSPS) is 38.2. The molecule has 1 rings (SSSR count). The summed E-state index contributed by atoms with van der Waals surface area (Å²) in [6.07, 6.45) is 5.21. The second-order valence-electron chi connectivity index (χ2n) is 5.52. The van der Waals surface area contributed by atoms with Crippen molar-refractivity contribution in [2.24, 2.45) is 16.6 Å². The number of hydrogen-bond acceptors (Lipinski definition) is 1. The summed E-state index contributed by atoms with van der Waals surface area (Å²) in [6, 6.07) is 0.409. The van der Waals surface area contributed by atoms with E-state index in [4.69, 9.17) is 5.73 Å². The zero-order valence-electron chi connectivity index (χ0n) is 8.98. The Hall–Kier alpha value is -0.0400. The second-order valence-corrected chi connectivity index (χ2v) is 5.52. The van der Waals surface area contributed by atoms with Crippen molar-refractivity contribution in [1.29, 1.82) is 0 Å². The van der Waals surface area contributed by atoms with Crippen LogP contribution in [-0.4, -0.2) is 6.04 Å². The molecule has 0 aromatic carbocycles. The van der Waals surface area contributed by atoms with E-state index in [1.165, 1.54) is 25.7 Å². The van der Waals surface area contributed by atoms with E-state index in [-0.39, 0.29) is 0 Å². The highest BCUT2D eigenvalue weighted by atomic mass is 14.7. The van der Waals surface area contributed by atoms with E-state index < -0.39 is 0 Å². The van der Waals surface area contributed by atoms with Crippen molar-refractivity contribution in [1.82, 2.24) is 0 Å². The third kappa shape index (κ3) is 1.52. The van der Waals surface area contributed by atoms with Gasteiger partial charge in [-0.15, -0.1) is 0 Å². The molecule has 0 heterocycles. The van der Waals surface area contributed by atoms with Crippen LogP contribution in [0.4, 0.5) is 0 Å². The lowest BCUT2D eigenvalue weighted by atomic mass is 9.58. The van der Waals surface area contributed by atoms with Gasteiger partial charge in [0, 0.05) is 6.04 Å². The van der Waals surface area contributed by atoms with Gasteiger partial charge in [-0.3, -0.25) is 0 Å². The van der Waals surface area contributed by atoms with Crippen LogP contribution in [0.2, 0.25) is 0 Å². The molecule has 0 saturated heterocycles. The maximum atomic E-state index is 6.20. The predicted octanol–water partition coefficient (Wildman–Crippen LogP) is 2.94. The second kappa shape index (κ2) is 3.02. The molecule has 1 heteroatoms. The Balaban J connectivity index is 2.79. The molecule has 72 valence electrons. The van der Waals surface area contributed by atoms with Gasteiger partial charge in [0.25, 0.3) is 0 Å². The molecule has 0 amide bonds. The van der Waals surface area contributed by atoms with Gasteiger partial charge in [-0.05, 0) is 23.7 Å². The average Bonchev–Trinajstić information content (AvgIpc) is 1.93. The summed E-state index contributed by atoms with van der Waals surface area (Å²) in [5, 5.41) is 0. The molecule has 1 fully saturated rings. The highest BCUT2D eigenvalue weighted by molar-refractivity contribution is 4.96. The maximum absolute atomic E-state index is 6.20. The molecule has 1 saturated carbocycles. The number of hydrogen-bond donors (Lipinski definition) is 1. The van der Waals surface area contributed by atoms with E-state index in [1.807, 2.05) is 0 Å². The Kier molecular flexibility index (Phi) is 2.53. The Morgan fingerprint density at radius 3 is 2.17 bits per heavy atom. The van der Waals surface area contributed by atoms with Crippen LogP contribution in [0.15, 0.2) is 0 Å². The van der Waals surface area contributed by atoms with E-state index in [0.29, 0.717) is 16.9 Å². The Bertz CT molecular complexity index is 157. The van der Waals surface area contributed by atoms with E-state index in [2.05, 4.69) is 27.7 Å². The minimum atomic E-state index is 0.352. The molecule has 0 bridgehead atoms. The van der Waals surface area contributed by atoms with Crippen molar-refractivity contribution >= 4 is 0 Å². The number of rotatable bonds is 0. The smallest absolute Gasteiger partial charge is 0.00979 e. The molecule has 0 aromatic rings. The summed E-state index contributed by atoms with van der Waals surface area (Å²) < 4.78 is 0. The van der Waals surface area contributed by atoms with Crippen LogP contribution in [-0.2, 0) is 0 Å². The van der Waals surface area contributed by atoms with Crippen LogP contribution in [0, 0.1) is 10.8 Å². The van der Waals surface area contributed by atoms with Crippen molar-refractivity contribution in [3.8, 4) is 0 Å². The molecule has 2 atom stereocenters. The van der Waals surface area contributed by atoms with Gasteiger partial charge in [0.1, 0.15) is 0 Å². The van der Waals surface area contributed by atoms with Gasteiger partial charge in [0.05, 0.1) is 0 Å². The van der Waals surface area contributed by atoms with Crippen molar-refractivity contribution in [3.63, 3.8) is 0 Å². The Morgan fingerprint density at radius 2 is 1.83 bits per heavy atom. The lowest BCUT2D eigenvalue weighted by Gasteiger charge is -2.49. The van der Waals surface area contributed by atoms with Crippen molar-refractivity contribution < 1.29 is 0 Å². The van der Waals surface area contributed by atoms with Crippen LogP contribution in [0.25, 0.3) is 0 Å². The van der Waals surface area contributed by atoms with Gasteiger partial charge in [0.2, 0.25) is 0 Å². The highest BCUT2D eigenvalue weighted by Crippen LogP contribution is 2.48. The highest BCUT2D eigenvalue weighted by Gasteiger charge is 2.43. The molecule has 0 spiro atoms. The van der Waals surface area contributed by atoms with Crippen molar-refractivity contribution in [3.05, 3.63) is 0 Å². The first-order valence-corrected chi connectivity index (χ1v) is 5.13. The van der Waals surface area contributed by atoms with Crippen LogP contribution in [0.1, 0.15) is 53.4 Å². The zero-order chi connectivity index (χ0) is 9.41. The van der Waals surface area contributed by atoms with E-state index >= 15 is 0 Å². The third-order valence-electron chi connectivity index (χ3n) is 3.99. The van der Waals surface area contributed by atoms with Crippen LogP contribution in [0.5, 0.6) is 0 Å². The standard InChI is InChI=1S/C11H23N/c1-10(2,3)11(4)8-6-5-7-9(11)12/h9H,5-8,12H2,1-4H3/t9-,11?/m0/s1. The first-order valence-electron chi connectivity index (χ1n) is 5.13. The quantitative estimate of drug-likeness (QED) is 0.593. The van der Waals surface area contributed by atoms with Gasteiger partial charge in [-0.1, -0.05) is 40.5 Å². The monoisotopic (exact) mass is 169 g/mol. The molecule has 0 aromatic heterocycles. The van der Waals surface area contributed by atoms with Gasteiger partial charge < -0.3 is 5.73 Å². The Morgan fingerprint density at radius 1 is 1.25 bits per heavy atom. The first-order chi connectivity index (χ1) is 5.38. The molecule has 1 aliphatic carbocycles. The zero-order valence-corrected chi connectivity index (χ0v) is 8.98. The lowest BCUT2D eigenvalue weighted by molar-refractivity contribution is 0.0374. The van der Waals surface area contributed by atoms with Crippen molar-refractivity contribution in [2.45, 2.75) is 59.4 Å². The average molecular weight is 169 g/mol. The molecule has 1 nitrogen and oxygen atoms in total. The molecular formula is C11H23N. The largest absolute Gasteiger partial charge is 0.327 e. The number of nitrogens with two attached hydrogens (primary N) is 1. The predicted molar refractivity (Wildman–Crippen MR) is 54.0 cm³/mol. The summed E-state index contributed by atoms with van der Waals surface area (Å²) in [5.41, 5.74) is 6.91. The summed E-state index contributed by atoms with van der Waals surface area (Å²) in [4.78, 5) is 0. The first kappa shape index (κ1) is 10.0. The fourth-order valence-electron chi connectivity index (χ4n) is 2.29. The van der Waals surface area contributed by atoms with Crippen molar-refractivity contribution in [2.75, 3.05) is 0 Å². The fraction of sp³-hybridized carbons (Fsp3) is 1.00. The van der Waals surface area contributed by atoms with Gasteiger partial charge >= 0.3 is 0 Å². The third-order valence-corrected chi connectivity index (χ3v) is 3.99. The van der Waals surface area contributed by atoms with E-state index in [1.54, 1.807) is 0 Å². The minimum absolute atomic E-state index is 0.352. The molecular weight excluding hydrogens is 146 g/mol. The summed E-state index contributed by atoms with van der Waals surface area (Å²) in [6.45, 7) is 9.31. The Labute approximate surface area is 76.7 Å². The lowest BCUT2D eigenvalue weighted by Crippen LogP contribution is -2.50. The SMILES string of the molecule is CC(C)(C)C1(C)CCCC[C@@H]1N. The fourth-order valence-corrected chi connectivity index (χ4v) is 2.29. The van der Waals surface area contributed by atoms with Gasteiger partial charge in [-0.25, -0.2) is 0 Å². The maximum Gasteiger partial charge on any atom is 0.00979 e. The topological polar surface area (TPSA) is 26.0 Å².